The fraction of sp³-hybridized carbons (Fsp3) is 0.200. The summed E-state index contributed by atoms with van der Waals surface area (Å²) in [5.74, 6) is 0. The number of hydrogen-bond acceptors (Lipinski definition) is 2. The molecule has 2 heterocycles. The molecule has 1 aromatic carbocycles. The second-order valence-corrected chi connectivity index (χ2v) is 7.15. The molecule has 0 bridgehead atoms. The highest BCUT2D eigenvalue weighted by molar-refractivity contribution is 6.37. The highest BCUT2D eigenvalue weighted by atomic mass is 35.5. The lowest BCUT2D eigenvalue weighted by Gasteiger charge is -2.19. The summed E-state index contributed by atoms with van der Waals surface area (Å²) in [6, 6.07) is 9.29. The maximum atomic E-state index is 12.9. The molecule has 3 nitrogen and oxygen atoms in total. The molecule has 0 saturated heterocycles. The van der Waals surface area contributed by atoms with Crippen LogP contribution in [0.25, 0.3) is 17.3 Å². The molecule has 4 rings (SSSR count). The van der Waals surface area contributed by atoms with Gasteiger partial charge in [-0.25, -0.2) is 4.98 Å². The van der Waals surface area contributed by atoms with Crippen molar-refractivity contribution in [3.05, 3.63) is 79.3 Å². The average molecular weight is 371 g/mol. The van der Waals surface area contributed by atoms with Crippen LogP contribution in [0.2, 0.25) is 10.0 Å². The van der Waals surface area contributed by atoms with Crippen LogP contribution in [-0.2, 0) is 6.42 Å². The number of nitrogens with zero attached hydrogens (tertiary/aromatic N) is 2. The van der Waals surface area contributed by atoms with Gasteiger partial charge in [-0.05, 0) is 61.6 Å². The van der Waals surface area contributed by atoms with Gasteiger partial charge in [-0.15, -0.1) is 0 Å². The predicted molar refractivity (Wildman–Crippen MR) is 103 cm³/mol. The van der Waals surface area contributed by atoms with Gasteiger partial charge in [0, 0.05) is 27.4 Å². The molecule has 0 saturated carbocycles. The van der Waals surface area contributed by atoms with E-state index in [2.05, 4.69) is 0 Å². The summed E-state index contributed by atoms with van der Waals surface area (Å²) in [4.78, 5) is 17.7. The van der Waals surface area contributed by atoms with E-state index in [-0.39, 0.29) is 5.56 Å². The Morgan fingerprint density at radius 2 is 1.88 bits per heavy atom. The van der Waals surface area contributed by atoms with E-state index in [0.717, 1.165) is 47.2 Å². The summed E-state index contributed by atoms with van der Waals surface area (Å²) in [7, 11) is 0. The van der Waals surface area contributed by atoms with E-state index in [9.17, 15) is 4.79 Å². The van der Waals surface area contributed by atoms with Crippen LogP contribution in [0, 0.1) is 6.92 Å². The van der Waals surface area contributed by atoms with E-state index >= 15 is 0 Å². The first-order chi connectivity index (χ1) is 12.0. The lowest BCUT2D eigenvalue weighted by molar-refractivity contribution is 0.786. The van der Waals surface area contributed by atoms with Gasteiger partial charge < -0.3 is 0 Å². The zero-order valence-corrected chi connectivity index (χ0v) is 15.2. The predicted octanol–water partition coefficient (Wildman–Crippen LogP) is 5.19. The minimum Gasteiger partial charge on any atom is -0.269 e. The molecule has 0 unspecified atom stereocenters. The third kappa shape index (κ3) is 2.88. The normalized spacial score (nSPS) is 15.6. The van der Waals surface area contributed by atoms with Gasteiger partial charge in [0.25, 0.3) is 5.56 Å². The van der Waals surface area contributed by atoms with Crippen LogP contribution in [0.3, 0.4) is 0 Å². The first-order valence-corrected chi connectivity index (χ1v) is 8.97. The highest BCUT2D eigenvalue weighted by Gasteiger charge is 2.21. The Morgan fingerprint density at radius 3 is 2.64 bits per heavy atom. The van der Waals surface area contributed by atoms with Crippen molar-refractivity contribution in [2.24, 2.45) is 0 Å². The molecule has 0 aliphatic heterocycles. The number of rotatable bonds is 1. The number of allylic oxidation sites excluding steroid dienone is 1. The number of aromatic nitrogens is 2. The standard InChI is InChI=1S/C20H16Cl2N2O/c1-12-8-9-18-23-19-13(10-15-16(21)6-3-7-17(15)22)4-2-5-14(19)20(25)24(18)11-12/h3,6-11H,2,4-5H2,1H3. The maximum Gasteiger partial charge on any atom is 0.261 e. The van der Waals surface area contributed by atoms with Gasteiger partial charge in [-0.3, -0.25) is 9.20 Å². The first-order valence-electron chi connectivity index (χ1n) is 8.21. The van der Waals surface area contributed by atoms with Gasteiger partial charge in [-0.2, -0.15) is 0 Å². The fourth-order valence-corrected chi connectivity index (χ4v) is 3.82. The first kappa shape index (κ1) is 16.4. The topological polar surface area (TPSA) is 34.4 Å². The third-order valence-electron chi connectivity index (χ3n) is 4.56. The number of hydrogen-bond donors (Lipinski definition) is 0. The van der Waals surface area contributed by atoms with Crippen molar-refractivity contribution in [1.29, 1.82) is 0 Å². The second kappa shape index (κ2) is 6.32. The Labute approximate surface area is 155 Å². The van der Waals surface area contributed by atoms with Gasteiger partial charge >= 0.3 is 0 Å². The minimum atomic E-state index is 0.0135. The number of pyridine rings is 1. The summed E-state index contributed by atoms with van der Waals surface area (Å²) < 4.78 is 1.64. The fourth-order valence-electron chi connectivity index (χ4n) is 3.31. The van der Waals surface area contributed by atoms with Crippen LogP contribution in [0.1, 0.15) is 35.2 Å². The number of halogens is 2. The molecule has 0 N–H and O–H groups in total. The quantitative estimate of drug-likeness (QED) is 0.590. The molecular formula is C20H16Cl2N2O. The second-order valence-electron chi connectivity index (χ2n) is 6.34. The van der Waals surface area contributed by atoms with Crippen molar-refractivity contribution < 1.29 is 0 Å². The Morgan fingerprint density at radius 1 is 1.12 bits per heavy atom. The van der Waals surface area contributed by atoms with E-state index in [1.54, 1.807) is 4.40 Å². The van der Waals surface area contributed by atoms with Crippen LogP contribution in [0.5, 0.6) is 0 Å². The number of benzene rings is 1. The van der Waals surface area contributed by atoms with Crippen molar-refractivity contribution in [1.82, 2.24) is 9.38 Å². The zero-order chi connectivity index (χ0) is 17.6. The molecule has 0 atom stereocenters. The number of fused-ring (bicyclic) bond motifs is 2. The molecule has 0 radical (unpaired) electrons. The van der Waals surface area contributed by atoms with Crippen molar-refractivity contribution >= 4 is 40.5 Å². The molecule has 5 heteroatoms. The summed E-state index contributed by atoms with van der Waals surface area (Å²) in [5, 5.41) is 1.19. The molecule has 0 fully saturated rings. The van der Waals surface area contributed by atoms with E-state index in [1.165, 1.54) is 0 Å². The zero-order valence-electron chi connectivity index (χ0n) is 13.7. The van der Waals surface area contributed by atoms with Crippen LogP contribution in [-0.4, -0.2) is 9.38 Å². The van der Waals surface area contributed by atoms with Gasteiger partial charge in [0.1, 0.15) is 5.65 Å². The minimum absolute atomic E-state index is 0.0135. The highest BCUT2D eigenvalue weighted by Crippen LogP contribution is 2.33. The Hall–Kier alpha value is -2.10. The molecule has 1 aliphatic carbocycles. The SMILES string of the molecule is Cc1ccc2nc3c(c(=O)n2c1)CCCC3=Cc1c(Cl)cccc1Cl. The van der Waals surface area contributed by atoms with E-state index in [4.69, 9.17) is 28.2 Å². The van der Waals surface area contributed by atoms with Crippen LogP contribution in [0.15, 0.2) is 41.3 Å². The molecule has 2 aromatic heterocycles. The Kier molecular flexibility index (Phi) is 4.14. The lowest BCUT2D eigenvalue weighted by Crippen LogP contribution is -2.24. The van der Waals surface area contributed by atoms with Crippen LogP contribution in [0.4, 0.5) is 0 Å². The Balaban J connectivity index is 1.96. The monoisotopic (exact) mass is 370 g/mol. The van der Waals surface area contributed by atoms with Gasteiger partial charge in [0.2, 0.25) is 0 Å². The molecule has 1 aliphatic rings. The maximum absolute atomic E-state index is 12.9. The van der Waals surface area contributed by atoms with Gasteiger partial charge in [0.05, 0.1) is 5.69 Å². The summed E-state index contributed by atoms with van der Waals surface area (Å²) in [6.45, 7) is 1.97. The molecular weight excluding hydrogens is 355 g/mol. The third-order valence-corrected chi connectivity index (χ3v) is 5.22. The van der Waals surface area contributed by atoms with E-state index in [1.807, 2.05) is 49.5 Å². The van der Waals surface area contributed by atoms with Crippen LogP contribution >= 0.6 is 23.2 Å². The molecule has 25 heavy (non-hydrogen) atoms. The molecule has 126 valence electrons. The van der Waals surface area contributed by atoms with Crippen molar-refractivity contribution in [3.63, 3.8) is 0 Å². The smallest absolute Gasteiger partial charge is 0.261 e. The van der Waals surface area contributed by atoms with E-state index < -0.39 is 0 Å². The van der Waals surface area contributed by atoms with Crippen molar-refractivity contribution in [3.8, 4) is 0 Å². The van der Waals surface area contributed by atoms with Gasteiger partial charge in [-0.1, -0.05) is 35.3 Å². The van der Waals surface area contributed by atoms with Gasteiger partial charge in [0.15, 0.2) is 0 Å². The molecule has 0 spiro atoms. The van der Waals surface area contributed by atoms with E-state index in [0.29, 0.717) is 15.7 Å². The molecule has 3 aromatic rings. The number of aryl methyl sites for hydroxylation is 1. The summed E-state index contributed by atoms with van der Waals surface area (Å²) in [6.07, 6.45) is 6.32. The lowest BCUT2D eigenvalue weighted by atomic mass is 9.90. The summed E-state index contributed by atoms with van der Waals surface area (Å²) in [5.41, 5.74) is 5.04. The summed E-state index contributed by atoms with van der Waals surface area (Å²) >= 11 is 12.6. The molecule has 0 amide bonds. The van der Waals surface area contributed by atoms with Crippen LogP contribution < -0.4 is 5.56 Å². The Bertz CT molecular complexity index is 1060. The van der Waals surface area contributed by atoms with Crippen molar-refractivity contribution in [2.45, 2.75) is 26.2 Å². The average Bonchev–Trinajstić information content (AvgIpc) is 2.59. The largest absolute Gasteiger partial charge is 0.269 e. The van der Waals surface area contributed by atoms with Crippen molar-refractivity contribution in [2.75, 3.05) is 0 Å².